The molecule has 0 aliphatic carbocycles. The Balaban J connectivity index is 2.21. The second-order valence-corrected chi connectivity index (χ2v) is 7.38. The van der Waals surface area contributed by atoms with Gasteiger partial charge in [-0.05, 0) is 43.7 Å². The number of ether oxygens (including phenoxy) is 2. The Morgan fingerprint density at radius 1 is 1.08 bits per heavy atom. The van der Waals surface area contributed by atoms with Crippen LogP contribution in [0.1, 0.15) is 34.5 Å². The van der Waals surface area contributed by atoms with Crippen molar-refractivity contribution in [2.75, 3.05) is 14.2 Å². The van der Waals surface area contributed by atoms with E-state index in [9.17, 15) is 13.2 Å². The second-order valence-electron chi connectivity index (χ2n) is 5.81. The van der Waals surface area contributed by atoms with Crippen molar-refractivity contribution in [1.29, 1.82) is 0 Å². The number of sulfonamides is 1. The standard InChI is InChI=1S/C18H22N2O5S/c1-11-16(24-3)9-14(10-17(11)25-4)18(21)20-12(2)13-5-7-15(8-6-13)26(19,22)23/h5-10,12H,1-4H3,(H,20,21)(H2,19,22,23). The van der Waals surface area contributed by atoms with Gasteiger partial charge in [0.25, 0.3) is 5.91 Å². The molecule has 0 radical (unpaired) electrons. The maximum absolute atomic E-state index is 12.6. The fourth-order valence-corrected chi connectivity index (χ4v) is 3.04. The van der Waals surface area contributed by atoms with Crippen molar-refractivity contribution in [3.63, 3.8) is 0 Å². The van der Waals surface area contributed by atoms with E-state index in [-0.39, 0.29) is 16.8 Å². The number of nitrogens with two attached hydrogens (primary N) is 1. The van der Waals surface area contributed by atoms with Crippen LogP contribution in [0.25, 0.3) is 0 Å². The molecule has 26 heavy (non-hydrogen) atoms. The van der Waals surface area contributed by atoms with Crippen molar-refractivity contribution in [3.8, 4) is 11.5 Å². The summed E-state index contributed by atoms with van der Waals surface area (Å²) in [6.07, 6.45) is 0. The van der Waals surface area contributed by atoms with Gasteiger partial charge in [-0.1, -0.05) is 12.1 Å². The molecule has 0 spiro atoms. The van der Waals surface area contributed by atoms with Crippen LogP contribution in [0.3, 0.4) is 0 Å². The van der Waals surface area contributed by atoms with Crippen molar-refractivity contribution < 1.29 is 22.7 Å². The van der Waals surface area contributed by atoms with E-state index < -0.39 is 10.0 Å². The molecule has 0 aliphatic rings. The van der Waals surface area contributed by atoms with Crippen LogP contribution in [0.2, 0.25) is 0 Å². The summed E-state index contributed by atoms with van der Waals surface area (Å²) in [4.78, 5) is 12.6. The topological polar surface area (TPSA) is 108 Å². The van der Waals surface area contributed by atoms with Gasteiger partial charge in [0, 0.05) is 11.1 Å². The first kappa shape index (κ1) is 19.7. The lowest BCUT2D eigenvalue weighted by Gasteiger charge is -2.17. The number of carbonyl (C=O) groups excluding carboxylic acids is 1. The first-order chi connectivity index (χ1) is 12.2. The maximum Gasteiger partial charge on any atom is 0.252 e. The number of amides is 1. The zero-order valence-electron chi connectivity index (χ0n) is 15.1. The first-order valence-electron chi connectivity index (χ1n) is 7.83. The molecule has 0 heterocycles. The Morgan fingerprint density at radius 2 is 1.58 bits per heavy atom. The van der Waals surface area contributed by atoms with E-state index in [1.54, 1.807) is 31.2 Å². The molecule has 3 N–H and O–H groups in total. The number of benzene rings is 2. The van der Waals surface area contributed by atoms with Gasteiger partial charge in [0.1, 0.15) is 11.5 Å². The minimum atomic E-state index is -3.75. The predicted molar refractivity (Wildman–Crippen MR) is 98.0 cm³/mol. The van der Waals surface area contributed by atoms with Gasteiger partial charge in [0.2, 0.25) is 10.0 Å². The van der Waals surface area contributed by atoms with Crippen molar-refractivity contribution in [2.24, 2.45) is 5.14 Å². The van der Waals surface area contributed by atoms with Gasteiger partial charge < -0.3 is 14.8 Å². The molecule has 7 nitrogen and oxygen atoms in total. The van der Waals surface area contributed by atoms with E-state index in [4.69, 9.17) is 14.6 Å². The average Bonchev–Trinajstić information content (AvgIpc) is 2.61. The van der Waals surface area contributed by atoms with E-state index in [1.165, 1.54) is 26.4 Å². The summed E-state index contributed by atoms with van der Waals surface area (Å²) in [6.45, 7) is 3.64. The Hall–Kier alpha value is -2.58. The summed E-state index contributed by atoms with van der Waals surface area (Å²) in [6, 6.07) is 8.99. The van der Waals surface area contributed by atoms with E-state index in [0.717, 1.165) is 11.1 Å². The van der Waals surface area contributed by atoms with Crippen molar-refractivity contribution in [3.05, 3.63) is 53.1 Å². The molecule has 8 heteroatoms. The average molecular weight is 378 g/mol. The molecule has 2 aromatic rings. The lowest BCUT2D eigenvalue weighted by Crippen LogP contribution is -2.26. The molecule has 2 rings (SSSR count). The highest BCUT2D eigenvalue weighted by Crippen LogP contribution is 2.29. The molecule has 0 saturated heterocycles. The Morgan fingerprint density at radius 3 is 2.00 bits per heavy atom. The summed E-state index contributed by atoms with van der Waals surface area (Å²) in [5, 5.41) is 7.95. The molecule has 1 atom stereocenters. The van der Waals surface area contributed by atoms with Crippen molar-refractivity contribution >= 4 is 15.9 Å². The van der Waals surface area contributed by atoms with Gasteiger partial charge in [-0.15, -0.1) is 0 Å². The number of primary sulfonamides is 1. The molecular formula is C18H22N2O5S. The number of methoxy groups -OCH3 is 2. The highest BCUT2D eigenvalue weighted by atomic mass is 32.2. The summed E-state index contributed by atoms with van der Waals surface area (Å²) in [5.41, 5.74) is 1.95. The summed E-state index contributed by atoms with van der Waals surface area (Å²) >= 11 is 0. The Kier molecular flexibility index (Phi) is 5.89. The molecule has 0 bridgehead atoms. The largest absolute Gasteiger partial charge is 0.496 e. The van der Waals surface area contributed by atoms with Gasteiger partial charge in [0.05, 0.1) is 25.2 Å². The monoisotopic (exact) mass is 378 g/mol. The number of nitrogens with one attached hydrogen (secondary N) is 1. The van der Waals surface area contributed by atoms with Crippen molar-refractivity contribution in [1.82, 2.24) is 5.32 Å². The molecule has 1 amide bonds. The first-order valence-corrected chi connectivity index (χ1v) is 9.38. The highest BCUT2D eigenvalue weighted by molar-refractivity contribution is 7.89. The number of rotatable bonds is 6. The number of carbonyl (C=O) groups is 1. The fraction of sp³-hybridized carbons (Fsp3) is 0.278. The van der Waals surface area contributed by atoms with Crippen LogP contribution >= 0.6 is 0 Å². The van der Waals surface area contributed by atoms with Crippen LogP contribution in [-0.2, 0) is 10.0 Å². The third kappa shape index (κ3) is 4.33. The molecule has 0 saturated carbocycles. The third-order valence-electron chi connectivity index (χ3n) is 4.07. The molecule has 0 aromatic heterocycles. The molecule has 140 valence electrons. The van der Waals surface area contributed by atoms with E-state index in [1.807, 2.05) is 6.92 Å². The lowest BCUT2D eigenvalue weighted by molar-refractivity contribution is 0.0939. The highest BCUT2D eigenvalue weighted by Gasteiger charge is 2.16. The summed E-state index contributed by atoms with van der Waals surface area (Å²) in [5.74, 6) is 0.809. The zero-order valence-corrected chi connectivity index (χ0v) is 15.9. The summed E-state index contributed by atoms with van der Waals surface area (Å²) in [7, 11) is -0.692. The van der Waals surface area contributed by atoms with Crippen LogP contribution in [0.5, 0.6) is 11.5 Å². The van der Waals surface area contributed by atoms with Gasteiger partial charge >= 0.3 is 0 Å². The summed E-state index contributed by atoms with van der Waals surface area (Å²) < 4.78 is 33.2. The molecular weight excluding hydrogens is 356 g/mol. The number of hydrogen-bond acceptors (Lipinski definition) is 5. The van der Waals surface area contributed by atoms with Crippen LogP contribution in [0.4, 0.5) is 0 Å². The van der Waals surface area contributed by atoms with Gasteiger partial charge in [0.15, 0.2) is 0 Å². The molecule has 0 aliphatic heterocycles. The Labute approximate surface area is 153 Å². The van der Waals surface area contributed by atoms with E-state index in [0.29, 0.717) is 17.1 Å². The SMILES string of the molecule is COc1cc(C(=O)NC(C)c2ccc(S(N)(=O)=O)cc2)cc(OC)c1C. The van der Waals surface area contributed by atoms with Gasteiger partial charge in [-0.3, -0.25) is 4.79 Å². The lowest BCUT2D eigenvalue weighted by atomic mass is 10.1. The maximum atomic E-state index is 12.6. The third-order valence-corrected chi connectivity index (χ3v) is 5.00. The van der Waals surface area contributed by atoms with E-state index >= 15 is 0 Å². The predicted octanol–water partition coefficient (Wildman–Crippen LogP) is 2.15. The van der Waals surface area contributed by atoms with Gasteiger partial charge in [-0.2, -0.15) is 0 Å². The van der Waals surface area contributed by atoms with Crippen LogP contribution in [-0.4, -0.2) is 28.5 Å². The molecule has 0 fully saturated rings. The van der Waals surface area contributed by atoms with Gasteiger partial charge in [-0.25, -0.2) is 13.6 Å². The number of hydrogen-bond donors (Lipinski definition) is 2. The van der Waals surface area contributed by atoms with Crippen LogP contribution in [0.15, 0.2) is 41.3 Å². The minimum Gasteiger partial charge on any atom is -0.496 e. The normalized spacial score (nSPS) is 12.3. The minimum absolute atomic E-state index is 0.0211. The Bertz CT molecular complexity index is 883. The quantitative estimate of drug-likeness (QED) is 0.801. The van der Waals surface area contributed by atoms with Crippen molar-refractivity contribution in [2.45, 2.75) is 24.8 Å². The molecule has 2 aromatic carbocycles. The fourth-order valence-electron chi connectivity index (χ4n) is 2.53. The van der Waals surface area contributed by atoms with E-state index in [2.05, 4.69) is 5.32 Å². The smallest absolute Gasteiger partial charge is 0.252 e. The second kappa shape index (κ2) is 7.76. The molecule has 1 unspecified atom stereocenters. The van der Waals surface area contributed by atoms with Crippen LogP contribution < -0.4 is 19.9 Å². The zero-order chi connectivity index (χ0) is 19.5. The van der Waals surface area contributed by atoms with Crippen LogP contribution in [0, 0.1) is 6.92 Å².